The van der Waals surface area contributed by atoms with Crippen LogP contribution in [0, 0.1) is 6.92 Å². The van der Waals surface area contributed by atoms with Gasteiger partial charge >= 0.3 is 0 Å². The third-order valence-electron chi connectivity index (χ3n) is 2.50. The van der Waals surface area contributed by atoms with E-state index >= 15 is 0 Å². The van der Waals surface area contributed by atoms with Gasteiger partial charge < -0.3 is 4.74 Å². The number of rotatable bonds is 3. The van der Waals surface area contributed by atoms with E-state index in [1.807, 2.05) is 37.3 Å². The molecule has 4 heteroatoms. The third kappa shape index (κ3) is 3.19. The number of hydrogen-bond donors (Lipinski definition) is 0. The molecule has 0 saturated heterocycles. The third-order valence-corrected chi connectivity index (χ3v) is 3.98. The standard InChI is InChI=1S/C14H11BrCl2O/c1-9-5-6-13(11(15)7-9)18-8-10-3-2-4-12(16)14(10)17/h2-7H,8H2,1H3. The molecule has 0 amide bonds. The van der Waals surface area contributed by atoms with Crippen molar-refractivity contribution >= 4 is 39.1 Å². The fourth-order valence-electron chi connectivity index (χ4n) is 1.54. The lowest BCUT2D eigenvalue weighted by molar-refractivity contribution is 0.304. The maximum Gasteiger partial charge on any atom is 0.134 e. The summed E-state index contributed by atoms with van der Waals surface area (Å²) in [6, 6.07) is 11.5. The second-order valence-electron chi connectivity index (χ2n) is 3.94. The van der Waals surface area contributed by atoms with Gasteiger partial charge in [-0.15, -0.1) is 0 Å². The van der Waals surface area contributed by atoms with Gasteiger partial charge in [0.15, 0.2) is 0 Å². The largest absolute Gasteiger partial charge is 0.488 e. The molecule has 0 spiro atoms. The first kappa shape index (κ1) is 13.7. The molecule has 0 aliphatic carbocycles. The van der Waals surface area contributed by atoms with Crippen molar-refractivity contribution in [2.24, 2.45) is 0 Å². The van der Waals surface area contributed by atoms with Gasteiger partial charge in [0.25, 0.3) is 0 Å². The first-order valence-corrected chi connectivity index (χ1v) is 6.94. The zero-order chi connectivity index (χ0) is 13.1. The van der Waals surface area contributed by atoms with Crippen molar-refractivity contribution in [1.82, 2.24) is 0 Å². The van der Waals surface area contributed by atoms with Crippen LogP contribution in [0.15, 0.2) is 40.9 Å². The van der Waals surface area contributed by atoms with Crippen molar-refractivity contribution in [1.29, 1.82) is 0 Å². The first-order chi connectivity index (χ1) is 8.58. The summed E-state index contributed by atoms with van der Waals surface area (Å²) >= 11 is 15.5. The van der Waals surface area contributed by atoms with Gasteiger partial charge in [-0.3, -0.25) is 0 Å². The van der Waals surface area contributed by atoms with Gasteiger partial charge in [-0.05, 0) is 46.6 Å². The number of hydrogen-bond acceptors (Lipinski definition) is 1. The Morgan fingerprint density at radius 1 is 1.17 bits per heavy atom. The molecule has 18 heavy (non-hydrogen) atoms. The van der Waals surface area contributed by atoms with E-state index in [4.69, 9.17) is 27.9 Å². The van der Waals surface area contributed by atoms with Gasteiger partial charge in [-0.25, -0.2) is 0 Å². The molecule has 0 heterocycles. The van der Waals surface area contributed by atoms with Crippen LogP contribution in [-0.2, 0) is 6.61 Å². The summed E-state index contributed by atoms with van der Waals surface area (Å²) in [5, 5.41) is 1.09. The fourth-order valence-corrected chi connectivity index (χ4v) is 2.52. The van der Waals surface area contributed by atoms with Gasteiger partial charge in [0.1, 0.15) is 12.4 Å². The predicted octanol–water partition coefficient (Wildman–Crippen LogP) is 5.64. The van der Waals surface area contributed by atoms with Crippen molar-refractivity contribution in [3.05, 3.63) is 62.0 Å². The molecular weight excluding hydrogens is 335 g/mol. The zero-order valence-electron chi connectivity index (χ0n) is 9.71. The maximum atomic E-state index is 6.10. The fraction of sp³-hybridized carbons (Fsp3) is 0.143. The second-order valence-corrected chi connectivity index (χ2v) is 5.57. The quantitative estimate of drug-likeness (QED) is 0.699. The van der Waals surface area contributed by atoms with Crippen LogP contribution in [0.4, 0.5) is 0 Å². The SMILES string of the molecule is Cc1ccc(OCc2cccc(Cl)c2Cl)c(Br)c1. The molecule has 2 rings (SSSR count). The Balaban J connectivity index is 2.14. The minimum atomic E-state index is 0.390. The van der Waals surface area contributed by atoms with Gasteiger partial charge in [0.2, 0.25) is 0 Å². The summed E-state index contributed by atoms with van der Waals surface area (Å²) < 4.78 is 6.65. The van der Waals surface area contributed by atoms with E-state index in [-0.39, 0.29) is 0 Å². The van der Waals surface area contributed by atoms with E-state index < -0.39 is 0 Å². The Kier molecular flexibility index (Phi) is 4.55. The van der Waals surface area contributed by atoms with Crippen molar-refractivity contribution in [3.8, 4) is 5.75 Å². The van der Waals surface area contributed by atoms with E-state index in [1.165, 1.54) is 5.56 Å². The molecule has 2 aromatic rings. The Bertz CT molecular complexity index is 570. The number of ether oxygens (including phenoxy) is 1. The molecule has 0 bridgehead atoms. The lowest BCUT2D eigenvalue weighted by atomic mass is 10.2. The highest BCUT2D eigenvalue weighted by atomic mass is 79.9. The topological polar surface area (TPSA) is 9.23 Å². The molecule has 0 radical (unpaired) electrons. The Labute approximate surface area is 125 Å². The molecule has 0 N–H and O–H groups in total. The van der Waals surface area contributed by atoms with Crippen LogP contribution in [0.5, 0.6) is 5.75 Å². The predicted molar refractivity (Wildman–Crippen MR) is 79.7 cm³/mol. The van der Waals surface area contributed by atoms with E-state index in [0.29, 0.717) is 16.7 Å². The summed E-state index contributed by atoms with van der Waals surface area (Å²) in [7, 11) is 0. The van der Waals surface area contributed by atoms with Crippen LogP contribution < -0.4 is 4.74 Å². The highest BCUT2D eigenvalue weighted by molar-refractivity contribution is 9.10. The van der Waals surface area contributed by atoms with Crippen molar-refractivity contribution < 1.29 is 4.74 Å². The van der Waals surface area contributed by atoms with Crippen LogP contribution in [-0.4, -0.2) is 0 Å². The first-order valence-electron chi connectivity index (χ1n) is 5.40. The summed E-state index contributed by atoms with van der Waals surface area (Å²) in [5.41, 5.74) is 2.05. The molecule has 1 nitrogen and oxygen atoms in total. The normalized spacial score (nSPS) is 10.4. The van der Waals surface area contributed by atoms with Crippen LogP contribution in [0.2, 0.25) is 10.0 Å². The highest BCUT2D eigenvalue weighted by Crippen LogP contribution is 2.29. The minimum absolute atomic E-state index is 0.390. The average Bonchev–Trinajstić information content (AvgIpc) is 2.33. The lowest BCUT2D eigenvalue weighted by Crippen LogP contribution is -1.97. The number of halogens is 3. The summed E-state index contributed by atoms with van der Waals surface area (Å²) in [5.74, 6) is 0.789. The Morgan fingerprint density at radius 2 is 1.94 bits per heavy atom. The van der Waals surface area contributed by atoms with E-state index in [1.54, 1.807) is 6.07 Å². The highest BCUT2D eigenvalue weighted by Gasteiger charge is 2.06. The lowest BCUT2D eigenvalue weighted by Gasteiger charge is -2.10. The molecule has 0 aliphatic rings. The van der Waals surface area contributed by atoms with Crippen molar-refractivity contribution in [2.45, 2.75) is 13.5 Å². The van der Waals surface area contributed by atoms with Crippen LogP contribution >= 0.6 is 39.1 Å². The Morgan fingerprint density at radius 3 is 2.67 bits per heavy atom. The molecule has 0 saturated carbocycles. The van der Waals surface area contributed by atoms with Crippen LogP contribution in [0.1, 0.15) is 11.1 Å². The van der Waals surface area contributed by atoms with E-state index in [0.717, 1.165) is 15.8 Å². The van der Waals surface area contributed by atoms with E-state index in [9.17, 15) is 0 Å². The monoisotopic (exact) mass is 344 g/mol. The maximum absolute atomic E-state index is 6.10. The smallest absolute Gasteiger partial charge is 0.134 e. The molecule has 0 aliphatic heterocycles. The van der Waals surface area contributed by atoms with Crippen molar-refractivity contribution in [3.63, 3.8) is 0 Å². The van der Waals surface area contributed by atoms with Gasteiger partial charge in [-0.1, -0.05) is 41.4 Å². The summed E-state index contributed by atoms with van der Waals surface area (Å²) in [6.45, 7) is 2.42. The molecular formula is C14H11BrCl2O. The Hall–Kier alpha value is -0.700. The number of aryl methyl sites for hydroxylation is 1. The van der Waals surface area contributed by atoms with Gasteiger partial charge in [0.05, 0.1) is 14.5 Å². The molecule has 0 aromatic heterocycles. The second kappa shape index (κ2) is 5.96. The summed E-state index contributed by atoms with van der Waals surface area (Å²) in [6.07, 6.45) is 0. The van der Waals surface area contributed by atoms with E-state index in [2.05, 4.69) is 15.9 Å². The molecule has 0 fully saturated rings. The zero-order valence-corrected chi connectivity index (χ0v) is 12.8. The van der Waals surface area contributed by atoms with Gasteiger partial charge in [-0.2, -0.15) is 0 Å². The molecule has 94 valence electrons. The van der Waals surface area contributed by atoms with Crippen LogP contribution in [0.3, 0.4) is 0 Å². The van der Waals surface area contributed by atoms with Crippen LogP contribution in [0.25, 0.3) is 0 Å². The number of benzene rings is 2. The van der Waals surface area contributed by atoms with Gasteiger partial charge in [0, 0.05) is 5.56 Å². The molecule has 0 unspecified atom stereocenters. The molecule has 2 aromatic carbocycles. The molecule has 0 atom stereocenters. The minimum Gasteiger partial charge on any atom is -0.488 e. The average molecular weight is 346 g/mol. The summed E-state index contributed by atoms with van der Waals surface area (Å²) in [4.78, 5) is 0. The van der Waals surface area contributed by atoms with Crippen molar-refractivity contribution in [2.75, 3.05) is 0 Å².